The SMILES string of the molecule is CC1(C)[C@@H]2C[C@@H](O)[C@@](C)(C2)[C@@H]1O[C@@H]1O[C@H](CO)[C@@H](O)[C@H](O)[C@H]1O. The van der Waals surface area contributed by atoms with Gasteiger partial charge in [0.05, 0.1) is 18.8 Å². The number of aliphatic hydroxyl groups is 5. The lowest BCUT2D eigenvalue weighted by Gasteiger charge is -2.48. The van der Waals surface area contributed by atoms with Gasteiger partial charge >= 0.3 is 0 Å². The molecule has 134 valence electrons. The zero-order valence-corrected chi connectivity index (χ0v) is 13.8. The van der Waals surface area contributed by atoms with Crippen LogP contribution in [0.2, 0.25) is 0 Å². The molecule has 7 nitrogen and oxygen atoms in total. The standard InChI is InChI=1S/C16H28O7/c1-15(2)7-4-9(18)16(3,5-7)14(15)23-13-12(21)11(20)10(19)8(6-17)22-13/h7-14,17-21H,4-6H2,1-3H3/t7-,8-,9-,10-,11+,12-,13+,14-,16-/m1/s1. The Morgan fingerprint density at radius 3 is 2.26 bits per heavy atom. The molecule has 5 N–H and O–H groups in total. The average Bonchev–Trinajstić information content (AvgIpc) is 2.89. The quantitative estimate of drug-likeness (QED) is 0.449. The summed E-state index contributed by atoms with van der Waals surface area (Å²) in [5, 5.41) is 49.5. The van der Waals surface area contributed by atoms with Gasteiger partial charge in [0.25, 0.3) is 0 Å². The van der Waals surface area contributed by atoms with Crippen molar-refractivity contribution in [2.75, 3.05) is 6.61 Å². The van der Waals surface area contributed by atoms with E-state index in [1.165, 1.54) is 0 Å². The van der Waals surface area contributed by atoms with E-state index in [2.05, 4.69) is 13.8 Å². The lowest BCUT2D eigenvalue weighted by molar-refractivity contribution is -0.330. The van der Waals surface area contributed by atoms with Crippen LogP contribution >= 0.6 is 0 Å². The summed E-state index contributed by atoms with van der Waals surface area (Å²) in [5.74, 6) is 0.317. The van der Waals surface area contributed by atoms with Gasteiger partial charge in [-0.2, -0.15) is 0 Å². The minimum atomic E-state index is -1.45. The van der Waals surface area contributed by atoms with Gasteiger partial charge in [0.2, 0.25) is 0 Å². The first-order valence-electron chi connectivity index (χ1n) is 8.27. The van der Waals surface area contributed by atoms with E-state index in [1.807, 2.05) is 6.92 Å². The number of aliphatic hydroxyl groups excluding tert-OH is 5. The monoisotopic (exact) mass is 332 g/mol. The predicted octanol–water partition coefficient (Wildman–Crippen LogP) is -1.01. The Balaban J connectivity index is 1.80. The van der Waals surface area contributed by atoms with E-state index in [-0.39, 0.29) is 11.5 Å². The first kappa shape index (κ1) is 17.5. The largest absolute Gasteiger partial charge is 0.394 e. The van der Waals surface area contributed by atoms with E-state index in [1.54, 1.807) is 0 Å². The van der Waals surface area contributed by atoms with Crippen LogP contribution in [-0.4, -0.2) is 75.1 Å². The fourth-order valence-electron chi connectivity index (χ4n) is 4.85. The highest BCUT2D eigenvalue weighted by atomic mass is 16.7. The van der Waals surface area contributed by atoms with Gasteiger partial charge in [-0.05, 0) is 24.2 Å². The molecule has 2 bridgehead atoms. The van der Waals surface area contributed by atoms with E-state index >= 15 is 0 Å². The fourth-order valence-corrected chi connectivity index (χ4v) is 4.85. The Morgan fingerprint density at radius 1 is 1.04 bits per heavy atom. The second-order valence-corrected chi connectivity index (χ2v) is 8.19. The second-order valence-electron chi connectivity index (χ2n) is 8.19. The number of hydrogen-bond donors (Lipinski definition) is 5. The van der Waals surface area contributed by atoms with Gasteiger partial charge in [0, 0.05) is 5.41 Å². The highest BCUT2D eigenvalue weighted by molar-refractivity contribution is 5.14. The van der Waals surface area contributed by atoms with Crippen molar-refractivity contribution in [2.24, 2.45) is 16.7 Å². The molecule has 3 fully saturated rings. The third-order valence-electron chi connectivity index (χ3n) is 6.40. The van der Waals surface area contributed by atoms with E-state index in [4.69, 9.17) is 9.47 Å². The maximum atomic E-state index is 10.4. The molecule has 1 saturated heterocycles. The highest BCUT2D eigenvalue weighted by Crippen LogP contribution is 2.63. The Kier molecular flexibility index (Phi) is 4.29. The Hall–Kier alpha value is -0.280. The van der Waals surface area contributed by atoms with Gasteiger partial charge in [-0.1, -0.05) is 20.8 Å². The van der Waals surface area contributed by atoms with Gasteiger partial charge in [-0.25, -0.2) is 0 Å². The Bertz CT molecular complexity index is 454. The molecule has 1 aliphatic heterocycles. The summed E-state index contributed by atoms with van der Waals surface area (Å²) in [4.78, 5) is 0. The second kappa shape index (κ2) is 5.62. The minimum Gasteiger partial charge on any atom is -0.394 e. The zero-order valence-electron chi connectivity index (χ0n) is 13.8. The summed E-state index contributed by atoms with van der Waals surface area (Å²) in [5.41, 5.74) is -0.639. The molecule has 0 amide bonds. The summed E-state index contributed by atoms with van der Waals surface area (Å²) < 4.78 is 11.5. The molecule has 0 radical (unpaired) electrons. The lowest BCUT2D eigenvalue weighted by atomic mass is 9.68. The van der Waals surface area contributed by atoms with Crippen molar-refractivity contribution in [1.82, 2.24) is 0 Å². The molecule has 0 spiro atoms. The van der Waals surface area contributed by atoms with Gasteiger partial charge in [-0.15, -0.1) is 0 Å². The van der Waals surface area contributed by atoms with Crippen molar-refractivity contribution in [1.29, 1.82) is 0 Å². The topological polar surface area (TPSA) is 120 Å². The molecular weight excluding hydrogens is 304 g/mol. The number of ether oxygens (including phenoxy) is 2. The van der Waals surface area contributed by atoms with E-state index in [0.29, 0.717) is 5.92 Å². The van der Waals surface area contributed by atoms with Crippen molar-refractivity contribution in [2.45, 2.75) is 76.5 Å². The van der Waals surface area contributed by atoms with Crippen LogP contribution in [0.5, 0.6) is 0 Å². The van der Waals surface area contributed by atoms with Gasteiger partial charge < -0.3 is 35.0 Å². The highest BCUT2D eigenvalue weighted by Gasteiger charge is 2.65. The molecule has 1 heterocycles. The van der Waals surface area contributed by atoms with Crippen molar-refractivity contribution in [3.05, 3.63) is 0 Å². The number of hydrogen-bond acceptors (Lipinski definition) is 7. The van der Waals surface area contributed by atoms with E-state index in [0.717, 1.165) is 12.8 Å². The van der Waals surface area contributed by atoms with Crippen LogP contribution in [-0.2, 0) is 9.47 Å². The smallest absolute Gasteiger partial charge is 0.187 e. The minimum absolute atomic E-state index is 0.202. The number of rotatable bonds is 3. The summed E-state index contributed by atoms with van der Waals surface area (Å²) in [6.07, 6.45) is -5.67. The van der Waals surface area contributed by atoms with Gasteiger partial charge in [0.15, 0.2) is 6.29 Å². The zero-order chi connectivity index (χ0) is 17.2. The van der Waals surface area contributed by atoms with E-state index in [9.17, 15) is 25.5 Å². The molecule has 7 heteroatoms. The maximum Gasteiger partial charge on any atom is 0.187 e. The maximum absolute atomic E-state index is 10.4. The predicted molar refractivity (Wildman–Crippen MR) is 79.3 cm³/mol. The fraction of sp³-hybridized carbons (Fsp3) is 1.00. The Morgan fingerprint density at radius 2 is 1.70 bits per heavy atom. The van der Waals surface area contributed by atoms with Crippen LogP contribution in [0.3, 0.4) is 0 Å². The first-order chi connectivity index (χ1) is 10.6. The molecule has 0 unspecified atom stereocenters. The van der Waals surface area contributed by atoms with E-state index < -0.39 is 48.8 Å². The van der Waals surface area contributed by atoms with Crippen LogP contribution in [0.15, 0.2) is 0 Å². The molecule has 9 atom stereocenters. The molecular formula is C16H28O7. The van der Waals surface area contributed by atoms with Crippen molar-refractivity contribution < 1.29 is 35.0 Å². The summed E-state index contributed by atoms with van der Waals surface area (Å²) in [6, 6.07) is 0. The molecule has 0 aromatic rings. The molecule has 0 aromatic heterocycles. The summed E-state index contributed by atoms with van der Waals surface area (Å²) in [6.45, 7) is 5.63. The number of fused-ring (bicyclic) bond motifs is 2. The lowest BCUT2D eigenvalue weighted by Crippen LogP contribution is -2.61. The molecule has 0 aromatic carbocycles. The van der Waals surface area contributed by atoms with Crippen molar-refractivity contribution in [3.63, 3.8) is 0 Å². The first-order valence-corrected chi connectivity index (χ1v) is 8.27. The summed E-state index contributed by atoms with van der Waals surface area (Å²) >= 11 is 0. The van der Waals surface area contributed by atoms with Crippen LogP contribution in [0, 0.1) is 16.7 Å². The molecule has 2 aliphatic carbocycles. The molecule has 3 aliphatic rings. The van der Waals surface area contributed by atoms with Crippen LogP contribution in [0.1, 0.15) is 33.6 Å². The molecule has 3 rings (SSSR count). The third-order valence-corrected chi connectivity index (χ3v) is 6.40. The normalized spacial score (nSPS) is 55.3. The van der Waals surface area contributed by atoms with Crippen LogP contribution in [0.4, 0.5) is 0 Å². The average molecular weight is 332 g/mol. The van der Waals surface area contributed by atoms with Crippen molar-refractivity contribution >= 4 is 0 Å². The van der Waals surface area contributed by atoms with Gasteiger partial charge in [0.1, 0.15) is 24.4 Å². The summed E-state index contributed by atoms with van der Waals surface area (Å²) in [7, 11) is 0. The van der Waals surface area contributed by atoms with Gasteiger partial charge in [-0.3, -0.25) is 0 Å². The molecule has 2 saturated carbocycles. The Labute approximate surface area is 135 Å². The molecule has 23 heavy (non-hydrogen) atoms. The van der Waals surface area contributed by atoms with Crippen LogP contribution < -0.4 is 0 Å². The third kappa shape index (κ3) is 2.45. The van der Waals surface area contributed by atoms with Crippen molar-refractivity contribution in [3.8, 4) is 0 Å². The van der Waals surface area contributed by atoms with Crippen LogP contribution in [0.25, 0.3) is 0 Å².